The zero-order valence-electron chi connectivity index (χ0n) is 31.8. The molecule has 318 valence electrons. The summed E-state index contributed by atoms with van der Waals surface area (Å²) in [5.74, 6) is -7.72. The molecule has 0 unspecified atom stereocenters. The van der Waals surface area contributed by atoms with Crippen molar-refractivity contribution in [3.8, 4) is 0 Å². The number of aromatic nitrogens is 3. The molecule has 23 nitrogen and oxygen atoms in total. The quantitative estimate of drug-likeness (QED) is 0.0427. The standard InChI is InChI=1S/C36H48N12O11/c37-28(50)8-7-24(36(58)59)45-31(53)16-43-32(54)25(10-19-12-40-22-5-2-1-4-21(19)22)47-35(57)27(17-49)46-30(52)15-41-29(51)14-42-33(55)26(11-20-13-38-18-44-20)48-34(56)23-6-3-9-39-23/h1-2,4-5,12-13,18,23-27,39-40,49H,3,6-11,14-17H2,(H2,37,50)(H,38,44)(H,41,51)(H,42,55)(H,43,54)(H,45,53)(H,46,52)(H,47,57)(H,48,56)(H,58,59)/t23-,24-,25-,26-,27-/m0/s1. The fourth-order valence-corrected chi connectivity index (χ4v) is 6.06. The van der Waals surface area contributed by atoms with Gasteiger partial charge in [-0.25, -0.2) is 9.78 Å². The van der Waals surface area contributed by atoms with E-state index in [2.05, 4.69) is 57.5 Å². The molecular formula is C36H48N12O11. The first kappa shape index (κ1) is 44.8. The number of nitrogens with one attached hydrogen (secondary N) is 10. The molecule has 14 N–H and O–H groups in total. The van der Waals surface area contributed by atoms with Crippen LogP contribution in [-0.4, -0.2) is 141 Å². The normalized spacial score (nSPS) is 15.4. The maximum atomic E-state index is 13.4. The Labute approximate surface area is 336 Å². The molecule has 0 aliphatic carbocycles. The minimum Gasteiger partial charge on any atom is -0.480 e. The number of nitrogens with zero attached hydrogens (tertiary/aromatic N) is 1. The van der Waals surface area contributed by atoms with Crippen molar-refractivity contribution in [2.24, 2.45) is 5.73 Å². The van der Waals surface area contributed by atoms with Crippen LogP contribution in [0.2, 0.25) is 0 Å². The molecule has 4 rings (SSSR count). The van der Waals surface area contributed by atoms with E-state index in [1.807, 2.05) is 0 Å². The number of para-hydroxylation sites is 1. The Morgan fingerprint density at radius 2 is 1.44 bits per heavy atom. The van der Waals surface area contributed by atoms with Crippen LogP contribution in [0.15, 0.2) is 43.0 Å². The maximum absolute atomic E-state index is 13.4. The van der Waals surface area contributed by atoms with Crippen LogP contribution in [0, 0.1) is 0 Å². The molecule has 8 amide bonds. The lowest BCUT2D eigenvalue weighted by molar-refractivity contribution is -0.142. The second-order valence-corrected chi connectivity index (χ2v) is 13.6. The van der Waals surface area contributed by atoms with Gasteiger partial charge >= 0.3 is 5.97 Å². The Bertz CT molecular complexity index is 1980. The first-order valence-electron chi connectivity index (χ1n) is 18.6. The molecule has 23 heteroatoms. The molecule has 59 heavy (non-hydrogen) atoms. The van der Waals surface area contributed by atoms with Crippen LogP contribution in [0.1, 0.15) is 36.9 Å². The Hall–Kier alpha value is -6.88. The van der Waals surface area contributed by atoms with Crippen LogP contribution in [-0.2, 0) is 56.0 Å². The number of rotatable bonds is 23. The van der Waals surface area contributed by atoms with Crippen molar-refractivity contribution in [1.82, 2.24) is 57.5 Å². The molecule has 1 fully saturated rings. The number of carbonyl (C=O) groups is 9. The number of benzene rings is 1. The predicted octanol–water partition coefficient (Wildman–Crippen LogP) is -4.94. The predicted molar refractivity (Wildman–Crippen MR) is 205 cm³/mol. The van der Waals surface area contributed by atoms with Gasteiger partial charge in [-0.05, 0) is 37.4 Å². The van der Waals surface area contributed by atoms with Gasteiger partial charge in [-0.3, -0.25) is 38.4 Å². The van der Waals surface area contributed by atoms with Crippen LogP contribution >= 0.6 is 0 Å². The van der Waals surface area contributed by atoms with Gasteiger partial charge in [0.1, 0.15) is 24.2 Å². The van der Waals surface area contributed by atoms with Gasteiger partial charge in [0.05, 0.1) is 38.6 Å². The number of hydrogen-bond donors (Lipinski definition) is 13. The third kappa shape index (κ3) is 14.2. The van der Waals surface area contributed by atoms with Crippen LogP contribution in [0.4, 0.5) is 0 Å². The van der Waals surface area contributed by atoms with E-state index in [1.54, 1.807) is 30.5 Å². The number of aliphatic hydroxyl groups excluding tert-OH is 1. The highest BCUT2D eigenvalue weighted by Gasteiger charge is 2.30. The lowest BCUT2D eigenvalue weighted by atomic mass is 10.0. The summed E-state index contributed by atoms with van der Waals surface area (Å²) in [7, 11) is 0. The zero-order valence-corrected chi connectivity index (χ0v) is 31.8. The van der Waals surface area contributed by atoms with Crippen molar-refractivity contribution >= 4 is 64.1 Å². The maximum Gasteiger partial charge on any atom is 0.326 e. The second-order valence-electron chi connectivity index (χ2n) is 13.6. The summed E-state index contributed by atoms with van der Waals surface area (Å²) in [5, 5.41) is 39.7. The number of primary amides is 1. The molecular weight excluding hydrogens is 776 g/mol. The van der Waals surface area contributed by atoms with Crippen LogP contribution in [0.3, 0.4) is 0 Å². The third-order valence-electron chi connectivity index (χ3n) is 9.16. The van der Waals surface area contributed by atoms with Gasteiger partial charge in [-0.2, -0.15) is 0 Å². The molecule has 3 aromatic rings. The highest BCUT2D eigenvalue weighted by Crippen LogP contribution is 2.19. The lowest BCUT2D eigenvalue weighted by Gasteiger charge is -2.22. The van der Waals surface area contributed by atoms with Crippen molar-refractivity contribution < 1.29 is 53.4 Å². The summed E-state index contributed by atoms with van der Waals surface area (Å²) in [6.07, 6.45) is 5.26. The van der Waals surface area contributed by atoms with Gasteiger partial charge in [0.15, 0.2) is 0 Å². The van der Waals surface area contributed by atoms with E-state index in [1.165, 1.54) is 12.5 Å². The number of imidazole rings is 1. The molecule has 0 bridgehead atoms. The fraction of sp³-hybridized carbons (Fsp3) is 0.444. The molecule has 3 heterocycles. The molecule has 2 aromatic heterocycles. The van der Waals surface area contributed by atoms with E-state index < -0.39 is 104 Å². The number of aliphatic hydroxyl groups is 1. The summed E-state index contributed by atoms with van der Waals surface area (Å²) in [6, 6.07) is 1.14. The Balaban J connectivity index is 1.31. The first-order valence-corrected chi connectivity index (χ1v) is 18.6. The summed E-state index contributed by atoms with van der Waals surface area (Å²) >= 11 is 0. The highest BCUT2D eigenvalue weighted by atomic mass is 16.4. The van der Waals surface area contributed by atoms with E-state index in [9.17, 15) is 53.4 Å². The molecule has 0 spiro atoms. The number of fused-ring (bicyclic) bond motifs is 1. The van der Waals surface area contributed by atoms with Crippen LogP contribution in [0.5, 0.6) is 0 Å². The third-order valence-corrected chi connectivity index (χ3v) is 9.16. The zero-order chi connectivity index (χ0) is 42.9. The summed E-state index contributed by atoms with van der Waals surface area (Å²) < 4.78 is 0. The largest absolute Gasteiger partial charge is 0.480 e. The van der Waals surface area contributed by atoms with Gasteiger partial charge in [0.2, 0.25) is 47.3 Å². The average Bonchev–Trinajstić information content (AvgIpc) is 4.02. The minimum absolute atomic E-state index is 0.0610. The van der Waals surface area contributed by atoms with E-state index in [-0.39, 0.29) is 31.6 Å². The monoisotopic (exact) mass is 824 g/mol. The average molecular weight is 825 g/mol. The van der Waals surface area contributed by atoms with Gasteiger partial charge in [0, 0.05) is 48.3 Å². The van der Waals surface area contributed by atoms with Gasteiger partial charge in [-0.1, -0.05) is 18.2 Å². The van der Waals surface area contributed by atoms with Gasteiger partial charge in [0.25, 0.3) is 0 Å². The van der Waals surface area contributed by atoms with Crippen molar-refractivity contribution in [2.75, 3.05) is 32.8 Å². The Morgan fingerprint density at radius 3 is 2.07 bits per heavy atom. The van der Waals surface area contributed by atoms with E-state index >= 15 is 0 Å². The van der Waals surface area contributed by atoms with Gasteiger partial charge in [-0.15, -0.1) is 0 Å². The second kappa shape index (κ2) is 22.2. The molecule has 0 radical (unpaired) electrons. The van der Waals surface area contributed by atoms with Crippen molar-refractivity contribution in [1.29, 1.82) is 0 Å². The van der Waals surface area contributed by atoms with E-state index in [0.29, 0.717) is 24.2 Å². The molecule has 1 aromatic carbocycles. The SMILES string of the molecule is NC(=O)CC[C@H](NC(=O)CNC(=O)[C@H](Cc1c[nH]c2ccccc12)NC(=O)[C@H](CO)NC(=O)CNC(=O)CNC(=O)[C@H](Cc1cnc[nH]1)NC(=O)[C@@H]1CCCN1)C(=O)O. The van der Waals surface area contributed by atoms with E-state index in [4.69, 9.17) is 5.73 Å². The molecule has 1 aliphatic rings. The van der Waals surface area contributed by atoms with Crippen molar-refractivity contribution in [2.45, 2.75) is 68.7 Å². The number of aliphatic carboxylic acids is 1. The number of carboxylic acid groups (broad SMARTS) is 1. The lowest BCUT2D eigenvalue weighted by Crippen LogP contribution is -2.57. The number of hydrogen-bond acceptors (Lipinski definition) is 12. The Morgan fingerprint density at radius 1 is 0.780 bits per heavy atom. The van der Waals surface area contributed by atoms with Crippen LogP contribution < -0.4 is 48.3 Å². The van der Waals surface area contributed by atoms with Crippen LogP contribution in [0.25, 0.3) is 10.9 Å². The minimum atomic E-state index is -1.61. The molecule has 0 saturated carbocycles. The van der Waals surface area contributed by atoms with E-state index in [0.717, 1.165) is 17.3 Å². The summed E-state index contributed by atoms with van der Waals surface area (Å²) in [6.45, 7) is -2.21. The topological polar surface area (TPSA) is 361 Å². The number of nitrogens with two attached hydrogens (primary N) is 1. The van der Waals surface area contributed by atoms with Crippen molar-refractivity contribution in [3.05, 3.63) is 54.2 Å². The summed E-state index contributed by atoms with van der Waals surface area (Å²) in [4.78, 5) is 123. The number of amides is 8. The summed E-state index contributed by atoms with van der Waals surface area (Å²) in [5.41, 5.74) is 6.94. The highest BCUT2D eigenvalue weighted by molar-refractivity contribution is 5.96. The Kier molecular flexibility index (Phi) is 16.8. The molecule has 1 saturated heterocycles. The number of H-pyrrole nitrogens is 2. The first-order chi connectivity index (χ1) is 28.2. The molecule has 1 aliphatic heterocycles. The smallest absolute Gasteiger partial charge is 0.326 e. The number of aromatic amines is 2. The fourth-order valence-electron chi connectivity index (χ4n) is 6.06. The number of carboxylic acids is 1. The van der Waals surface area contributed by atoms with Crippen molar-refractivity contribution in [3.63, 3.8) is 0 Å². The van der Waals surface area contributed by atoms with Gasteiger partial charge < -0.3 is 68.4 Å². The number of carbonyl (C=O) groups excluding carboxylic acids is 8. The molecule has 5 atom stereocenters.